The van der Waals surface area contributed by atoms with Crippen molar-refractivity contribution in [1.29, 1.82) is 0 Å². The molecule has 1 aromatic heterocycles. The summed E-state index contributed by atoms with van der Waals surface area (Å²) in [6.07, 6.45) is 2.20. The van der Waals surface area contributed by atoms with E-state index >= 15 is 0 Å². The van der Waals surface area contributed by atoms with Crippen LogP contribution in [0.4, 0.5) is 0 Å². The van der Waals surface area contributed by atoms with E-state index in [4.69, 9.17) is 4.74 Å². The van der Waals surface area contributed by atoms with E-state index in [-0.39, 0.29) is 0 Å². The number of hydrogen-bond acceptors (Lipinski definition) is 4. The SMILES string of the molecule is CCn1c(SC2Cc3ccccc3C2)nnc1-c1ccccc1OC. The number of hydrogen-bond donors (Lipinski definition) is 0. The molecular weight excluding hydrogens is 330 g/mol. The zero-order valence-electron chi connectivity index (χ0n) is 14.5. The van der Waals surface area contributed by atoms with Crippen LogP contribution < -0.4 is 4.74 Å². The highest BCUT2D eigenvalue weighted by Gasteiger charge is 2.25. The Morgan fingerprint density at radius 2 is 1.72 bits per heavy atom. The highest BCUT2D eigenvalue weighted by atomic mass is 32.2. The number of para-hydroxylation sites is 1. The van der Waals surface area contributed by atoms with Crippen molar-refractivity contribution in [3.8, 4) is 17.1 Å². The highest BCUT2D eigenvalue weighted by Crippen LogP contribution is 2.36. The second-order valence-corrected chi connectivity index (χ2v) is 7.44. The Kier molecular flexibility index (Phi) is 4.49. The maximum atomic E-state index is 5.50. The van der Waals surface area contributed by atoms with E-state index in [0.717, 1.165) is 41.7 Å². The summed E-state index contributed by atoms with van der Waals surface area (Å²) in [5.41, 5.74) is 3.92. The third kappa shape index (κ3) is 3.04. The van der Waals surface area contributed by atoms with Gasteiger partial charge in [-0.3, -0.25) is 0 Å². The molecule has 128 valence electrons. The minimum atomic E-state index is 0.525. The molecular formula is C20H21N3OS. The molecule has 1 aliphatic rings. The zero-order valence-corrected chi connectivity index (χ0v) is 15.3. The van der Waals surface area contributed by atoms with Crippen molar-refractivity contribution in [3.05, 3.63) is 59.7 Å². The first kappa shape index (κ1) is 16.2. The Hall–Kier alpha value is -2.27. The molecule has 3 aromatic rings. The Morgan fingerprint density at radius 3 is 2.40 bits per heavy atom. The first-order valence-electron chi connectivity index (χ1n) is 8.60. The van der Waals surface area contributed by atoms with Gasteiger partial charge in [0.2, 0.25) is 0 Å². The molecule has 4 rings (SSSR count). The molecule has 2 aromatic carbocycles. The second kappa shape index (κ2) is 6.92. The van der Waals surface area contributed by atoms with Gasteiger partial charge in [-0.15, -0.1) is 10.2 Å². The summed E-state index contributed by atoms with van der Waals surface area (Å²) < 4.78 is 7.68. The van der Waals surface area contributed by atoms with Crippen LogP contribution in [0.5, 0.6) is 5.75 Å². The fourth-order valence-corrected chi connectivity index (χ4v) is 4.70. The third-order valence-electron chi connectivity index (χ3n) is 4.67. The Balaban J connectivity index is 1.61. The van der Waals surface area contributed by atoms with Gasteiger partial charge >= 0.3 is 0 Å². The van der Waals surface area contributed by atoms with Crippen molar-refractivity contribution in [1.82, 2.24) is 14.8 Å². The monoisotopic (exact) mass is 351 g/mol. The van der Waals surface area contributed by atoms with Crippen LogP contribution in [0.1, 0.15) is 18.1 Å². The number of rotatable bonds is 5. The Bertz CT molecular complexity index is 865. The maximum absolute atomic E-state index is 5.50. The minimum absolute atomic E-state index is 0.525. The average Bonchev–Trinajstić information content (AvgIpc) is 3.24. The molecule has 1 aliphatic carbocycles. The van der Waals surface area contributed by atoms with E-state index in [1.165, 1.54) is 11.1 Å². The molecule has 0 amide bonds. The summed E-state index contributed by atoms with van der Waals surface area (Å²) in [5, 5.41) is 10.5. The van der Waals surface area contributed by atoms with Gasteiger partial charge in [0.05, 0.1) is 12.7 Å². The van der Waals surface area contributed by atoms with Gasteiger partial charge in [0.25, 0.3) is 0 Å². The molecule has 4 nitrogen and oxygen atoms in total. The fourth-order valence-electron chi connectivity index (χ4n) is 3.44. The number of fused-ring (bicyclic) bond motifs is 1. The molecule has 5 heteroatoms. The number of aromatic nitrogens is 3. The second-order valence-electron chi connectivity index (χ2n) is 6.17. The van der Waals surface area contributed by atoms with Gasteiger partial charge in [0, 0.05) is 11.8 Å². The zero-order chi connectivity index (χ0) is 17.2. The van der Waals surface area contributed by atoms with Crippen molar-refractivity contribution in [2.45, 2.75) is 36.7 Å². The van der Waals surface area contributed by atoms with E-state index in [0.29, 0.717) is 5.25 Å². The predicted octanol–water partition coefficient (Wildman–Crippen LogP) is 4.23. The summed E-state index contributed by atoms with van der Waals surface area (Å²) in [6.45, 7) is 2.97. The number of methoxy groups -OCH3 is 1. The molecule has 0 atom stereocenters. The molecule has 0 bridgehead atoms. The molecule has 0 fully saturated rings. The lowest BCUT2D eigenvalue weighted by Crippen LogP contribution is -2.06. The lowest BCUT2D eigenvalue weighted by Gasteiger charge is -2.12. The standard InChI is InChI=1S/C20H21N3OS/c1-3-23-19(17-10-6-7-11-18(17)24-2)21-22-20(23)25-16-12-14-8-4-5-9-15(14)13-16/h4-11,16H,3,12-13H2,1-2H3. The largest absolute Gasteiger partial charge is 0.496 e. The normalized spacial score (nSPS) is 13.8. The lowest BCUT2D eigenvalue weighted by atomic mass is 10.1. The van der Waals surface area contributed by atoms with Crippen molar-refractivity contribution in [2.75, 3.05) is 7.11 Å². The molecule has 1 heterocycles. The summed E-state index contributed by atoms with van der Waals surface area (Å²) in [4.78, 5) is 0. The van der Waals surface area contributed by atoms with Crippen LogP contribution in [0.25, 0.3) is 11.4 Å². The van der Waals surface area contributed by atoms with E-state index in [1.807, 2.05) is 36.0 Å². The van der Waals surface area contributed by atoms with E-state index in [2.05, 4.69) is 46.0 Å². The fraction of sp³-hybridized carbons (Fsp3) is 0.300. The molecule has 0 unspecified atom stereocenters. The summed E-state index contributed by atoms with van der Waals surface area (Å²) in [6, 6.07) is 16.7. The van der Waals surface area contributed by atoms with Crippen LogP contribution in [-0.2, 0) is 19.4 Å². The Morgan fingerprint density at radius 1 is 1.04 bits per heavy atom. The minimum Gasteiger partial charge on any atom is -0.496 e. The Labute approximate surface area is 152 Å². The van der Waals surface area contributed by atoms with E-state index in [9.17, 15) is 0 Å². The number of nitrogens with zero attached hydrogens (tertiary/aromatic N) is 3. The van der Waals surface area contributed by atoms with Gasteiger partial charge in [0.15, 0.2) is 11.0 Å². The number of ether oxygens (including phenoxy) is 1. The summed E-state index contributed by atoms with van der Waals surface area (Å²) in [5.74, 6) is 1.70. The van der Waals surface area contributed by atoms with Gasteiger partial charge in [-0.05, 0) is 43.0 Å². The average molecular weight is 351 g/mol. The molecule has 0 saturated carbocycles. The van der Waals surface area contributed by atoms with Crippen molar-refractivity contribution >= 4 is 11.8 Å². The highest BCUT2D eigenvalue weighted by molar-refractivity contribution is 7.99. The number of thioether (sulfide) groups is 1. The molecule has 0 saturated heterocycles. The van der Waals surface area contributed by atoms with Crippen molar-refractivity contribution in [3.63, 3.8) is 0 Å². The maximum Gasteiger partial charge on any atom is 0.191 e. The van der Waals surface area contributed by atoms with E-state index in [1.54, 1.807) is 7.11 Å². The smallest absolute Gasteiger partial charge is 0.191 e. The van der Waals surface area contributed by atoms with Gasteiger partial charge < -0.3 is 9.30 Å². The van der Waals surface area contributed by atoms with Crippen LogP contribution in [0, 0.1) is 0 Å². The quantitative estimate of drug-likeness (QED) is 0.689. The van der Waals surface area contributed by atoms with Crippen LogP contribution in [0.15, 0.2) is 53.7 Å². The van der Waals surface area contributed by atoms with Gasteiger partial charge in [-0.2, -0.15) is 0 Å². The molecule has 0 aliphatic heterocycles. The van der Waals surface area contributed by atoms with Gasteiger partial charge in [0.1, 0.15) is 5.75 Å². The lowest BCUT2D eigenvalue weighted by molar-refractivity contribution is 0.416. The van der Waals surface area contributed by atoms with Gasteiger partial charge in [-0.1, -0.05) is 48.2 Å². The number of benzene rings is 2. The van der Waals surface area contributed by atoms with E-state index < -0.39 is 0 Å². The molecule has 0 spiro atoms. The molecule has 0 N–H and O–H groups in total. The van der Waals surface area contributed by atoms with Crippen molar-refractivity contribution in [2.24, 2.45) is 0 Å². The topological polar surface area (TPSA) is 39.9 Å². The van der Waals surface area contributed by atoms with Crippen molar-refractivity contribution < 1.29 is 4.74 Å². The summed E-state index contributed by atoms with van der Waals surface area (Å²) >= 11 is 1.84. The summed E-state index contributed by atoms with van der Waals surface area (Å²) in [7, 11) is 1.69. The van der Waals surface area contributed by atoms with Crippen LogP contribution in [-0.4, -0.2) is 27.1 Å². The molecule has 0 radical (unpaired) electrons. The van der Waals surface area contributed by atoms with Gasteiger partial charge in [-0.25, -0.2) is 0 Å². The van der Waals surface area contributed by atoms with Crippen LogP contribution in [0.2, 0.25) is 0 Å². The third-order valence-corrected chi connectivity index (χ3v) is 5.85. The predicted molar refractivity (Wildman–Crippen MR) is 101 cm³/mol. The van der Waals surface area contributed by atoms with Crippen LogP contribution >= 0.6 is 11.8 Å². The first-order chi connectivity index (χ1) is 12.3. The van der Waals surface area contributed by atoms with Crippen LogP contribution in [0.3, 0.4) is 0 Å². The first-order valence-corrected chi connectivity index (χ1v) is 9.48. The molecule has 25 heavy (non-hydrogen) atoms.